The lowest BCUT2D eigenvalue weighted by atomic mass is 10.1. The molecule has 0 saturated carbocycles. The fourth-order valence-corrected chi connectivity index (χ4v) is 3.37. The summed E-state index contributed by atoms with van der Waals surface area (Å²) in [5.74, 6) is 0.571. The average Bonchev–Trinajstić information content (AvgIpc) is 2.35. The van der Waals surface area contributed by atoms with E-state index in [1.165, 1.54) is 0 Å². The number of hydrogen-bond acceptors (Lipinski definition) is 4. The summed E-state index contributed by atoms with van der Waals surface area (Å²) in [5.41, 5.74) is 1.02. The minimum absolute atomic E-state index is 0.0554. The number of hydrogen-bond donors (Lipinski definition) is 0. The summed E-state index contributed by atoms with van der Waals surface area (Å²) in [6.07, 6.45) is 1.66. The number of rotatable bonds is 9. The van der Waals surface area contributed by atoms with Gasteiger partial charge in [0.05, 0.1) is 19.0 Å². The number of halogens is 1. The monoisotopic (exact) mass is 320 g/mol. The first-order chi connectivity index (χ1) is 9.44. The first-order valence-electron chi connectivity index (χ1n) is 6.57. The van der Waals surface area contributed by atoms with Gasteiger partial charge in [-0.2, -0.15) is 0 Å². The van der Waals surface area contributed by atoms with Gasteiger partial charge in [0.1, 0.15) is 5.75 Å². The van der Waals surface area contributed by atoms with Crippen molar-refractivity contribution in [3.05, 3.63) is 29.8 Å². The van der Waals surface area contributed by atoms with E-state index in [0.29, 0.717) is 19.0 Å². The Morgan fingerprint density at radius 3 is 2.70 bits per heavy atom. The van der Waals surface area contributed by atoms with Crippen molar-refractivity contribution in [3.63, 3.8) is 0 Å². The second-order valence-electron chi connectivity index (χ2n) is 4.75. The number of ether oxygens (including phenoxy) is 2. The van der Waals surface area contributed by atoms with E-state index >= 15 is 0 Å². The van der Waals surface area contributed by atoms with Crippen LogP contribution in [0.4, 0.5) is 0 Å². The molecule has 6 heteroatoms. The standard InChI is InChI=1S/C14H21ClO4S/c1-3-5-13(11-20(15,16)17)10-19-14-7-4-6-12(8-14)9-18-2/h4,6-8,13H,3,5,9-11H2,1-2H3. The first kappa shape index (κ1) is 17.3. The minimum Gasteiger partial charge on any atom is -0.493 e. The molecule has 1 aromatic rings. The van der Waals surface area contributed by atoms with Crippen LogP contribution < -0.4 is 4.74 Å². The van der Waals surface area contributed by atoms with Crippen molar-refractivity contribution in [2.45, 2.75) is 26.4 Å². The van der Waals surface area contributed by atoms with Crippen molar-refractivity contribution in [2.75, 3.05) is 19.5 Å². The second-order valence-corrected chi connectivity index (χ2v) is 7.57. The Morgan fingerprint density at radius 2 is 2.10 bits per heavy atom. The van der Waals surface area contributed by atoms with E-state index in [-0.39, 0.29) is 11.7 Å². The third-order valence-corrected chi connectivity index (χ3v) is 4.07. The van der Waals surface area contributed by atoms with Crippen LogP contribution in [0.1, 0.15) is 25.3 Å². The van der Waals surface area contributed by atoms with Crippen molar-refractivity contribution in [1.29, 1.82) is 0 Å². The van der Waals surface area contributed by atoms with Crippen molar-refractivity contribution < 1.29 is 17.9 Å². The van der Waals surface area contributed by atoms with Crippen molar-refractivity contribution in [3.8, 4) is 5.75 Å². The quantitative estimate of drug-likeness (QED) is 0.656. The zero-order chi connectivity index (χ0) is 15.0. The predicted molar refractivity (Wildman–Crippen MR) is 80.7 cm³/mol. The molecule has 0 N–H and O–H groups in total. The summed E-state index contributed by atoms with van der Waals surface area (Å²) < 4.78 is 33.1. The van der Waals surface area contributed by atoms with Gasteiger partial charge in [0.25, 0.3) is 0 Å². The maximum absolute atomic E-state index is 11.2. The fraction of sp³-hybridized carbons (Fsp3) is 0.571. The molecule has 114 valence electrons. The van der Waals surface area contributed by atoms with Gasteiger partial charge >= 0.3 is 0 Å². The molecule has 0 aliphatic rings. The van der Waals surface area contributed by atoms with Gasteiger partial charge in [0.2, 0.25) is 9.05 Å². The molecule has 0 heterocycles. The third-order valence-electron chi connectivity index (χ3n) is 2.83. The lowest BCUT2D eigenvalue weighted by Gasteiger charge is -2.16. The SMILES string of the molecule is CCCC(COc1cccc(COC)c1)CS(=O)(=O)Cl. The van der Waals surface area contributed by atoms with Crippen LogP contribution in [0.3, 0.4) is 0 Å². The molecule has 1 aromatic carbocycles. The van der Waals surface area contributed by atoms with Crippen molar-refractivity contribution in [1.82, 2.24) is 0 Å². The predicted octanol–water partition coefficient (Wildman–Crippen LogP) is 3.20. The average molecular weight is 321 g/mol. The van der Waals surface area contributed by atoms with E-state index in [9.17, 15) is 8.42 Å². The van der Waals surface area contributed by atoms with Gasteiger partial charge in [-0.25, -0.2) is 8.42 Å². The van der Waals surface area contributed by atoms with E-state index in [2.05, 4.69) is 0 Å². The van der Waals surface area contributed by atoms with Gasteiger partial charge < -0.3 is 9.47 Å². The van der Waals surface area contributed by atoms with Crippen LogP contribution in [-0.2, 0) is 20.4 Å². The van der Waals surface area contributed by atoms with Gasteiger partial charge in [-0.05, 0) is 24.1 Å². The van der Waals surface area contributed by atoms with Crippen LogP contribution in [0.2, 0.25) is 0 Å². The van der Waals surface area contributed by atoms with Gasteiger partial charge in [-0.3, -0.25) is 0 Å². The highest BCUT2D eigenvalue weighted by molar-refractivity contribution is 8.13. The van der Waals surface area contributed by atoms with E-state index < -0.39 is 9.05 Å². The van der Waals surface area contributed by atoms with Gasteiger partial charge in [-0.1, -0.05) is 25.5 Å². The molecule has 0 saturated heterocycles. The Morgan fingerprint density at radius 1 is 1.35 bits per heavy atom. The molecule has 0 fully saturated rings. The molecule has 1 unspecified atom stereocenters. The Hall–Kier alpha value is -0.780. The second kappa shape index (κ2) is 8.49. The molecule has 0 radical (unpaired) electrons. The normalized spacial score (nSPS) is 13.2. The third kappa shape index (κ3) is 7.12. The van der Waals surface area contributed by atoms with Gasteiger partial charge in [-0.15, -0.1) is 0 Å². The topological polar surface area (TPSA) is 52.6 Å². The van der Waals surface area contributed by atoms with Gasteiger partial charge in [0.15, 0.2) is 0 Å². The van der Waals surface area contributed by atoms with E-state index in [1.54, 1.807) is 7.11 Å². The zero-order valence-corrected chi connectivity index (χ0v) is 13.4. The molecule has 0 bridgehead atoms. The molecular weight excluding hydrogens is 300 g/mol. The number of methoxy groups -OCH3 is 1. The van der Waals surface area contributed by atoms with Crippen LogP contribution in [0, 0.1) is 5.92 Å². The highest BCUT2D eigenvalue weighted by Gasteiger charge is 2.17. The first-order valence-corrected chi connectivity index (χ1v) is 9.05. The minimum atomic E-state index is -3.49. The van der Waals surface area contributed by atoms with Gasteiger partial charge in [0, 0.05) is 23.7 Å². The summed E-state index contributed by atoms with van der Waals surface area (Å²) in [4.78, 5) is 0. The highest BCUT2D eigenvalue weighted by atomic mass is 35.7. The van der Waals surface area contributed by atoms with Crippen LogP contribution in [0.15, 0.2) is 24.3 Å². The highest BCUT2D eigenvalue weighted by Crippen LogP contribution is 2.18. The van der Waals surface area contributed by atoms with Crippen LogP contribution >= 0.6 is 10.7 Å². The van der Waals surface area contributed by atoms with Crippen molar-refractivity contribution >= 4 is 19.7 Å². The summed E-state index contributed by atoms with van der Waals surface area (Å²) in [6, 6.07) is 7.57. The maximum Gasteiger partial charge on any atom is 0.232 e. The molecule has 0 aromatic heterocycles. The molecule has 20 heavy (non-hydrogen) atoms. The Labute approximate surface area is 125 Å². The summed E-state index contributed by atoms with van der Waals surface area (Å²) in [5, 5.41) is 0. The van der Waals surface area contributed by atoms with E-state index in [0.717, 1.165) is 18.4 Å². The zero-order valence-electron chi connectivity index (χ0n) is 11.8. The van der Waals surface area contributed by atoms with E-state index in [4.69, 9.17) is 20.2 Å². The Bertz CT molecular complexity index is 502. The number of benzene rings is 1. The van der Waals surface area contributed by atoms with Crippen molar-refractivity contribution in [2.24, 2.45) is 5.92 Å². The molecule has 4 nitrogen and oxygen atoms in total. The summed E-state index contributed by atoms with van der Waals surface area (Å²) in [7, 11) is 3.45. The Balaban J connectivity index is 2.60. The summed E-state index contributed by atoms with van der Waals surface area (Å²) in [6.45, 7) is 2.87. The lowest BCUT2D eigenvalue weighted by Crippen LogP contribution is -2.19. The summed E-state index contributed by atoms with van der Waals surface area (Å²) >= 11 is 0. The smallest absolute Gasteiger partial charge is 0.232 e. The van der Waals surface area contributed by atoms with Crippen LogP contribution in [0.25, 0.3) is 0 Å². The molecule has 0 aliphatic carbocycles. The maximum atomic E-state index is 11.2. The molecule has 0 aliphatic heterocycles. The fourth-order valence-electron chi connectivity index (χ4n) is 2.01. The van der Waals surface area contributed by atoms with Crippen LogP contribution in [0.5, 0.6) is 5.75 Å². The molecule has 1 rings (SSSR count). The molecule has 0 amide bonds. The van der Waals surface area contributed by atoms with Crippen LogP contribution in [-0.4, -0.2) is 27.9 Å². The molecule has 1 atom stereocenters. The lowest BCUT2D eigenvalue weighted by molar-refractivity contribution is 0.184. The Kier molecular flexibility index (Phi) is 7.34. The largest absolute Gasteiger partial charge is 0.493 e. The molecule has 0 spiro atoms. The molecular formula is C14H21ClO4S. The van der Waals surface area contributed by atoms with E-state index in [1.807, 2.05) is 31.2 Å².